The zero-order valence-corrected chi connectivity index (χ0v) is 13.3. The zero-order valence-electron chi connectivity index (χ0n) is 12.5. The van der Waals surface area contributed by atoms with E-state index in [0.29, 0.717) is 0 Å². The molecule has 0 aromatic heterocycles. The van der Waals surface area contributed by atoms with Crippen molar-refractivity contribution in [3.63, 3.8) is 0 Å². The largest absolute Gasteiger partial charge is 0.310 e. The third kappa shape index (κ3) is 3.43. The van der Waals surface area contributed by atoms with Crippen LogP contribution in [-0.2, 0) is 0 Å². The molecule has 1 saturated heterocycles. The van der Waals surface area contributed by atoms with Gasteiger partial charge in [0.25, 0.3) is 0 Å². The molecule has 1 heterocycles. The fourth-order valence-corrected chi connectivity index (χ4v) is 4.56. The Kier molecular flexibility index (Phi) is 5.40. The predicted molar refractivity (Wildman–Crippen MR) is 82.4 cm³/mol. The fraction of sp³-hybridized carbons (Fsp3) is 1.00. The van der Waals surface area contributed by atoms with E-state index in [1.165, 1.54) is 38.6 Å². The first-order valence-electron chi connectivity index (χ1n) is 7.61. The Morgan fingerprint density at radius 2 is 1.83 bits per heavy atom. The summed E-state index contributed by atoms with van der Waals surface area (Å²) in [5, 5.41) is 4.86. The van der Waals surface area contributed by atoms with Crippen LogP contribution in [0.25, 0.3) is 0 Å². The van der Waals surface area contributed by atoms with Gasteiger partial charge in [0, 0.05) is 29.9 Å². The summed E-state index contributed by atoms with van der Waals surface area (Å²) in [6.07, 6.45) is 9.25. The SMILES string of the molecule is CSC1CCCCC1NC1CC(C)N(C)CC1C. The summed E-state index contributed by atoms with van der Waals surface area (Å²) in [4.78, 5) is 2.51. The zero-order chi connectivity index (χ0) is 13.1. The van der Waals surface area contributed by atoms with Gasteiger partial charge >= 0.3 is 0 Å². The molecule has 5 unspecified atom stereocenters. The highest BCUT2D eigenvalue weighted by Gasteiger charge is 2.33. The molecule has 2 nitrogen and oxygen atoms in total. The Labute approximate surface area is 117 Å². The van der Waals surface area contributed by atoms with Gasteiger partial charge < -0.3 is 10.2 Å². The van der Waals surface area contributed by atoms with Crippen molar-refractivity contribution < 1.29 is 0 Å². The monoisotopic (exact) mass is 270 g/mol. The molecular formula is C15H30N2S. The second-order valence-corrected chi connectivity index (χ2v) is 7.52. The first-order valence-corrected chi connectivity index (χ1v) is 8.89. The van der Waals surface area contributed by atoms with E-state index in [1.807, 2.05) is 0 Å². The van der Waals surface area contributed by atoms with Crippen LogP contribution in [0.4, 0.5) is 0 Å². The van der Waals surface area contributed by atoms with Crippen molar-refractivity contribution in [2.45, 2.75) is 69.3 Å². The summed E-state index contributed by atoms with van der Waals surface area (Å²) in [6, 6.07) is 2.22. The maximum Gasteiger partial charge on any atom is 0.0198 e. The second kappa shape index (κ2) is 6.62. The van der Waals surface area contributed by atoms with E-state index in [2.05, 4.69) is 49.1 Å². The van der Waals surface area contributed by atoms with E-state index in [-0.39, 0.29) is 0 Å². The van der Waals surface area contributed by atoms with Crippen LogP contribution >= 0.6 is 11.8 Å². The maximum atomic E-state index is 4.01. The summed E-state index contributed by atoms with van der Waals surface area (Å²) in [7, 11) is 2.27. The maximum absolute atomic E-state index is 4.01. The molecule has 0 radical (unpaired) electrons. The molecule has 0 spiro atoms. The number of piperidine rings is 1. The lowest BCUT2D eigenvalue weighted by molar-refractivity contribution is 0.112. The third-order valence-corrected chi connectivity index (χ3v) is 6.21. The number of hydrogen-bond acceptors (Lipinski definition) is 3. The van der Waals surface area contributed by atoms with Crippen molar-refractivity contribution >= 4 is 11.8 Å². The molecule has 1 N–H and O–H groups in total. The molecule has 1 aliphatic heterocycles. The van der Waals surface area contributed by atoms with Gasteiger partial charge in [0.1, 0.15) is 0 Å². The molecule has 1 saturated carbocycles. The fourth-order valence-electron chi connectivity index (χ4n) is 3.62. The summed E-state index contributed by atoms with van der Waals surface area (Å²) in [5.74, 6) is 0.788. The van der Waals surface area contributed by atoms with Crippen molar-refractivity contribution in [1.82, 2.24) is 10.2 Å². The summed E-state index contributed by atoms with van der Waals surface area (Å²) < 4.78 is 0. The number of rotatable bonds is 3. The van der Waals surface area contributed by atoms with E-state index >= 15 is 0 Å². The minimum atomic E-state index is 0.731. The molecule has 0 aromatic rings. The number of thioether (sulfide) groups is 1. The minimum Gasteiger partial charge on any atom is -0.310 e. The minimum absolute atomic E-state index is 0.731. The number of nitrogens with one attached hydrogen (secondary N) is 1. The van der Waals surface area contributed by atoms with Gasteiger partial charge in [-0.3, -0.25) is 0 Å². The highest BCUT2D eigenvalue weighted by atomic mass is 32.2. The van der Waals surface area contributed by atoms with Gasteiger partial charge in [0.15, 0.2) is 0 Å². The van der Waals surface area contributed by atoms with E-state index in [1.54, 1.807) is 0 Å². The Morgan fingerprint density at radius 3 is 2.56 bits per heavy atom. The summed E-state index contributed by atoms with van der Waals surface area (Å²) in [5.41, 5.74) is 0. The summed E-state index contributed by atoms with van der Waals surface area (Å²) in [6.45, 7) is 6.03. The average Bonchev–Trinajstić information content (AvgIpc) is 2.36. The van der Waals surface area contributed by atoms with Crippen LogP contribution in [0.2, 0.25) is 0 Å². The van der Waals surface area contributed by atoms with Crippen LogP contribution in [0.3, 0.4) is 0 Å². The van der Waals surface area contributed by atoms with Crippen LogP contribution in [-0.4, -0.2) is 48.1 Å². The van der Waals surface area contributed by atoms with Gasteiger partial charge in [-0.15, -0.1) is 0 Å². The molecule has 3 heteroatoms. The molecule has 0 amide bonds. The Morgan fingerprint density at radius 1 is 1.11 bits per heavy atom. The van der Waals surface area contributed by atoms with Gasteiger partial charge in [-0.2, -0.15) is 11.8 Å². The number of likely N-dealkylation sites (tertiary alicyclic amines) is 1. The van der Waals surface area contributed by atoms with E-state index in [9.17, 15) is 0 Å². The topological polar surface area (TPSA) is 15.3 Å². The second-order valence-electron chi connectivity index (χ2n) is 6.44. The first kappa shape index (κ1) is 14.7. The Hall–Kier alpha value is 0.270. The predicted octanol–water partition coefficient (Wildman–Crippen LogP) is 2.98. The van der Waals surface area contributed by atoms with Gasteiger partial charge in [0.05, 0.1) is 0 Å². The number of hydrogen-bond donors (Lipinski definition) is 1. The Balaban J connectivity index is 1.91. The average molecular weight is 270 g/mol. The lowest BCUT2D eigenvalue weighted by Gasteiger charge is -2.43. The van der Waals surface area contributed by atoms with Gasteiger partial charge in [-0.25, -0.2) is 0 Å². The standard InChI is InChI=1S/C15H30N2S/c1-11-10-17(3)12(2)9-14(11)16-13-7-5-6-8-15(13)18-4/h11-16H,5-10H2,1-4H3. The van der Waals surface area contributed by atoms with Crippen LogP contribution in [0.5, 0.6) is 0 Å². The van der Waals surface area contributed by atoms with E-state index < -0.39 is 0 Å². The smallest absolute Gasteiger partial charge is 0.0198 e. The van der Waals surface area contributed by atoms with Gasteiger partial charge in [-0.05, 0) is 45.4 Å². The van der Waals surface area contributed by atoms with Crippen molar-refractivity contribution in [1.29, 1.82) is 0 Å². The van der Waals surface area contributed by atoms with E-state index in [0.717, 1.165) is 29.3 Å². The molecule has 18 heavy (non-hydrogen) atoms. The molecule has 0 bridgehead atoms. The molecule has 106 valence electrons. The van der Waals surface area contributed by atoms with Crippen LogP contribution < -0.4 is 5.32 Å². The highest BCUT2D eigenvalue weighted by Crippen LogP contribution is 2.29. The molecular weight excluding hydrogens is 240 g/mol. The van der Waals surface area contributed by atoms with E-state index in [4.69, 9.17) is 0 Å². The molecule has 0 aromatic carbocycles. The van der Waals surface area contributed by atoms with Crippen molar-refractivity contribution in [3.8, 4) is 0 Å². The van der Waals surface area contributed by atoms with Crippen molar-refractivity contribution in [3.05, 3.63) is 0 Å². The molecule has 2 fully saturated rings. The van der Waals surface area contributed by atoms with Crippen molar-refractivity contribution in [2.24, 2.45) is 5.92 Å². The third-order valence-electron chi connectivity index (χ3n) is 5.04. The van der Waals surface area contributed by atoms with Crippen molar-refractivity contribution in [2.75, 3.05) is 19.8 Å². The van der Waals surface area contributed by atoms with Gasteiger partial charge in [0.2, 0.25) is 0 Å². The van der Waals surface area contributed by atoms with Crippen LogP contribution in [0, 0.1) is 5.92 Å². The molecule has 5 atom stereocenters. The summed E-state index contributed by atoms with van der Waals surface area (Å²) >= 11 is 2.07. The molecule has 2 rings (SSSR count). The quantitative estimate of drug-likeness (QED) is 0.849. The highest BCUT2D eigenvalue weighted by molar-refractivity contribution is 7.99. The molecule has 1 aliphatic carbocycles. The first-order chi connectivity index (χ1) is 8.61. The normalized spacial score (nSPS) is 43.0. The lowest BCUT2D eigenvalue weighted by atomic mass is 9.87. The lowest BCUT2D eigenvalue weighted by Crippen LogP contribution is -2.55. The Bertz CT molecular complexity index is 259. The number of nitrogens with zero attached hydrogens (tertiary/aromatic N) is 1. The van der Waals surface area contributed by atoms with Gasteiger partial charge in [-0.1, -0.05) is 19.8 Å². The van der Waals surface area contributed by atoms with Crippen LogP contribution in [0.15, 0.2) is 0 Å². The van der Waals surface area contributed by atoms with Crippen LogP contribution in [0.1, 0.15) is 46.0 Å². The molecule has 2 aliphatic rings.